The first-order chi connectivity index (χ1) is 13.6. The maximum absolute atomic E-state index is 9.31. The van der Waals surface area contributed by atoms with Crippen LogP contribution in [0, 0.1) is 25.2 Å². The number of anilines is 2. The largest absolute Gasteiger partial charge is 0.370 e. The summed E-state index contributed by atoms with van der Waals surface area (Å²) in [5.41, 5.74) is 5.60. The van der Waals surface area contributed by atoms with Gasteiger partial charge in [-0.1, -0.05) is 12.1 Å². The highest BCUT2D eigenvalue weighted by atomic mass is 15.2. The van der Waals surface area contributed by atoms with Gasteiger partial charge in [0, 0.05) is 18.5 Å². The summed E-state index contributed by atoms with van der Waals surface area (Å²) >= 11 is 0. The summed E-state index contributed by atoms with van der Waals surface area (Å²) in [6.07, 6.45) is 4.39. The van der Waals surface area contributed by atoms with Crippen LogP contribution in [0.2, 0.25) is 0 Å². The maximum atomic E-state index is 9.31. The predicted octanol–water partition coefficient (Wildman–Crippen LogP) is 4.29. The molecule has 0 unspecified atom stereocenters. The number of aromatic nitrogens is 3. The van der Waals surface area contributed by atoms with Crippen LogP contribution < -0.4 is 10.2 Å². The summed E-state index contributed by atoms with van der Waals surface area (Å²) in [5.74, 6) is 0.725. The minimum Gasteiger partial charge on any atom is -0.370 e. The van der Waals surface area contributed by atoms with Crippen molar-refractivity contribution < 1.29 is 0 Å². The number of aryl methyl sites for hydroxylation is 1. The molecule has 1 aliphatic heterocycles. The molecular formula is C22H24N6. The van der Waals surface area contributed by atoms with Gasteiger partial charge in [-0.3, -0.25) is 4.98 Å². The Balaban J connectivity index is 1.73. The molecule has 1 N–H and O–H groups in total. The summed E-state index contributed by atoms with van der Waals surface area (Å²) < 4.78 is 0. The number of hydrogen-bond acceptors (Lipinski definition) is 6. The SMILES string of the molecule is Cc1c(C#N)cccc1[C@@H](C)Nc1nnc(C)c2ncc(N3CCCC3)cc12. The fourth-order valence-electron chi connectivity index (χ4n) is 3.93. The normalized spacial score (nSPS) is 14.9. The molecule has 6 heteroatoms. The van der Waals surface area contributed by atoms with Crippen LogP contribution in [0.25, 0.3) is 10.9 Å². The smallest absolute Gasteiger partial charge is 0.158 e. The molecule has 0 saturated carbocycles. The first-order valence-electron chi connectivity index (χ1n) is 9.72. The first kappa shape index (κ1) is 18.2. The number of rotatable bonds is 4. The van der Waals surface area contributed by atoms with Gasteiger partial charge in [-0.2, -0.15) is 10.4 Å². The van der Waals surface area contributed by atoms with Gasteiger partial charge in [0.15, 0.2) is 5.82 Å². The van der Waals surface area contributed by atoms with Crippen LogP contribution in [0.1, 0.15) is 48.2 Å². The van der Waals surface area contributed by atoms with Crippen LogP contribution in [0.15, 0.2) is 30.5 Å². The molecule has 1 aromatic carbocycles. The first-order valence-corrected chi connectivity index (χ1v) is 9.72. The monoisotopic (exact) mass is 372 g/mol. The summed E-state index contributed by atoms with van der Waals surface area (Å²) in [6, 6.07) is 10.2. The molecule has 6 nitrogen and oxygen atoms in total. The molecule has 0 spiro atoms. The Bertz CT molecular complexity index is 1060. The van der Waals surface area contributed by atoms with E-state index in [9.17, 15) is 5.26 Å². The van der Waals surface area contributed by atoms with E-state index in [4.69, 9.17) is 0 Å². The highest BCUT2D eigenvalue weighted by molar-refractivity contribution is 5.92. The molecule has 3 aromatic rings. The third kappa shape index (κ3) is 3.24. The lowest BCUT2D eigenvalue weighted by Crippen LogP contribution is -2.18. The van der Waals surface area contributed by atoms with Crippen molar-refractivity contribution in [3.05, 3.63) is 52.8 Å². The lowest BCUT2D eigenvalue weighted by atomic mass is 9.98. The van der Waals surface area contributed by atoms with Crippen molar-refractivity contribution in [1.29, 1.82) is 5.26 Å². The number of benzene rings is 1. The maximum Gasteiger partial charge on any atom is 0.158 e. The van der Waals surface area contributed by atoms with Crippen molar-refractivity contribution in [2.45, 2.75) is 39.7 Å². The second-order valence-corrected chi connectivity index (χ2v) is 7.42. The number of pyridine rings is 1. The van der Waals surface area contributed by atoms with Gasteiger partial charge >= 0.3 is 0 Å². The van der Waals surface area contributed by atoms with Crippen molar-refractivity contribution in [1.82, 2.24) is 15.2 Å². The van der Waals surface area contributed by atoms with E-state index < -0.39 is 0 Å². The fourth-order valence-corrected chi connectivity index (χ4v) is 3.93. The lowest BCUT2D eigenvalue weighted by molar-refractivity contribution is 0.851. The quantitative estimate of drug-likeness (QED) is 0.736. The molecule has 142 valence electrons. The highest BCUT2D eigenvalue weighted by Crippen LogP contribution is 2.30. The molecule has 3 heterocycles. The van der Waals surface area contributed by atoms with E-state index in [-0.39, 0.29) is 6.04 Å². The summed E-state index contributed by atoms with van der Waals surface area (Å²) in [7, 11) is 0. The van der Waals surface area contributed by atoms with Crippen LogP contribution in [0.4, 0.5) is 11.5 Å². The number of nitriles is 1. The standard InChI is InChI=1S/C22H24N6/c1-14-17(12-23)7-6-8-19(14)15(2)25-22-20-11-18(28-9-4-5-10-28)13-24-21(20)16(3)26-27-22/h6-8,11,13,15H,4-5,9-10H2,1-3H3,(H,25,27)/t15-/m1/s1. The van der Waals surface area contributed by atoms with Gasteiger partial charge in [-0.05, 0) is 56.9 Å². The third-order valence-corrected chi connectivity index (χ3v) is 5.56. The molecule has 0 aliphatic carbocycles. The Morgan fingerprint density at radius 3 is 2.71 bits per heavy atom. The zero-order chi connectivity index (χ0) is 19.7. The molecule has 0 radical (unpaired) electrons. The molecule has 0 amide bonds. The Morgan fingerprint density at radius 1 is 1.18 bits per heavy atom. The second-order valence-electron chi connectivity index (χ2n) is 7.42. The van der Waals surface area contributed by atoms with Gasteiger partial charge in [0.1, 0.15) is 0 Å². The van der Waals surface area contributed by atoms with Crippen molar-refractivity contribution in [2.24, 2.45) is 0 Å². The summed E-state index contributed by atoms with van der Waals surface area (Å²) in [5, 5.41) is 22.5. The Hall–Kier alpha value is -3.20. The zero-order valence-electron chi connectivity index (χ0n) is 16.5. The average molecular weight is 372 g/mol. The van der Waals surface area contributed by atoms with E-state index in [0.717, 1.165) is 52.3 Å². The highest BCUT2D eigenvalue weighted by Gasteiger charge is 2.18. The molecule has 1 atom stereocenters. The summed E-state index contributed by atoms with van der Waals surface area (Å²) in [6.45, 7) is 8.15. The molecule has 1 fully saturated rings. The van der Waals surface area contributed by atoms with Gasteiger partial charge in [-0.25, -0.2) is 0 Å². The Morgan fingerprint density at radius 2 is 1.96 bits per heavy atom. The Kier molecular flexibility index (Phi) is 4.82. The molecule has 2 aromatic heterocycles. The molecule has 1 saturated heterocycles. The van der Waals surface area contributed by atoms with Crippen LogP contribution in [0.5, 0.6) is 0 Å². The summed E-state index contributed by atoms with van der Waals surface area (Å²) in [4.78, 5) is 7.05. The van der Waals surface area contributed by atoms with Crippen LogP contribution >= 0.6 is 0 Å². The van der Waals surface area contributed by atoms with Crippen molar-refractivity contribution in [3.8, 4) is 6.07 Å². The average Bonchev–Trinajstić information content (AvgIpc) is 3.25. The molecule has 1 aliphatic rings. The molecule has 28 heavy (non-hydrogen) atoms. The van der Waals surface area contributed by atoms with Crippen LogP contribution in [-0.2, 0) is 0 Å². The van der Waals surface area contributed by atoms with E-state index in [0.29, 0.717) is 5.56 Å². The van der Waals surface area contributed by atoms with Gasteiger partial charge in [0.05, 0.1) is 40.8 Å². The van der Waals surface area contributed by atoms with E-state index in [2.05, 4.69) is 44.5 Å². The number of hydrogen-bond donors (Lipinski definition) is 1. The van der Waals surface area contributed by atoms with E-state index in [1.807, 2.05) is 38.2 Å². The number of nitrogens with one attached hydrogen (secondary N) is 1. The van der Waals surface area contributed by atoms with Crippen molar-refractivity contribution in [2.75, 3.05) is 23.3 Å². The van der Waals surface area contributed by atoms with Crippen molar-refractivity contribution >= 4 is 22.4 Å². The Labute approximate surface area is 165 Å². The number of nitrogens with zero attached hydrogens (tertiary/aromatic N) is 5. The third-order valence-electron chi connectivity index (χ3n) is 5.56. The minimum atomic E-state index is -0.0102. The fraction of sp³-hybridized carbons (Fsp3) is 0.364. The molecule has 0 bridgehead atoms. The lowest BCUT2D eigenvalue weighted by Gasteiger charge is -2.20. The van der Waals surface area contributed by atoms with Gasteiger partial charge in [0.25, 0.3) is 0 Å². The molecule has 4 rings (SSSR count). The van der Waals surface area contributed by atoms with Gasteiger partial charge in [0.2, 0.25) is 0 Å². The van der Waals surface area contributed by atoms with E-state index >= 15 is 0 Å². The predicted molar refractivity (Wildman–Crippen MR) is 111 cm³/mol. The van der Waals surface area contributed by atoms with E-state index in [1.165, 1.54) is 12.8 Å². The van der Waals surface area contributed by atoms with Crippen LogP contribution in [0.3, 0.4) is 0 Å². The van der Waals surface area contributed by atoms with E-state index in [1.54, 1.807) is 0 Å². The topological polar surface area (TPSA) is 77.7 Å². The second kappa shape index (κ2) is 7.43. The van der Waals surface area contributed by atoms with Crippen LogP contribution in [-0.4, -0.2) is 28.3 Å². The van der Waals surface area contributed by atoms with Crippen molar-refractivity contribution in [3.63, 3.8) is 0 Å². The number of fused-ring (bicyclic) bond motifs is 1. The minimum absolute atomic E-state index is 0.0102. The zero-order valence-corrected chi connectivity index (χ0v) is 16.5. The van der Waals surface area contributed by atoms with Gasteiger partial charge in [-0.15, -0.1) is 5.10 Å². The molecular weight excluding hydrogens is 348 g/mol. The van der Waals surface area contributed by atoms with Gasteiger partial charge < -0.3 is 10.2 Å².